The maximum atomic E-state index is 14.2. The van der Waals surface area contributed by atoms with E-state index in [0.717, 1.165) is 16.8 Å². The number of hydrogen-bond acceptors (Lipinski definition) is 5. The normalized spacial score (nSPS) is 19.0. The molecule has 0 aliphatic carbocycles. The largest absolute Gasteiger partial charge is 0.497 e. The molecule has 174 valence electrons. The highest BCUT2D eigenvalue weighted by molar-refractivity contribution is 8.01. The summed E-state index contributed by atoms with van der Waals surface area (Å²) >= 11 is 1.51. The van der Waals surface area contributed by atoms with Gasteiger partial charge in [-0.25, -0.2) is 0 Å². The number of methoxy groups -OCH3 is 2. The highest BCUT2D eigenvalue weighted by Crippen LogP contribution is 2.55. The molecule has 1 unspecified atom stereocenters. The van der Waals surface area contributed by atoms with E-state index in [9.17, 15) is 9.59 Å². The number of aryl methyl sites for hydroxylation is 1. The first kappa shape index (κ1) is 22.3. The molecule has 6 nitrogen and oxygen atoms in total. The molecule has 0 radical (unpaired) electrons. The summed E-state index contributed by atoms with van der Waals surface area (Å²) in [4.78, 5) is 30.2. The van der Waals surface area contributed by atoms with Crippen molar-refractivity contribution in [2.75, 3.05) is 31.4 Å². The number of hydrogen-bond donors (Lipinski definition) is 0. The highest BCUT2D eigenvalue weighted by atomic mass is 32.2. The quantitative estimate of drug-likeness (QED) is 0.541. The molecule has 1 saturated heterocycles. The van der Waals surface area contributed by atoms with Crippen LogP contribution < -0.4 is 14.4 Å². The summed E-state index contributed by atoms with van der Waals surface area (Å²) in [6, 6.07) is 20.9. The van der Waals surface area contributed by atoms with Gasteiger partial charge in [0.15, 0.2) is 4.87 Å². The van der Waals surface area contributed by atoms with Gasteiger partial charge in [0, 0.05) is 23.4 Å². The molecule has 0 aromatic heterocycles. The molecule has 2 aliphatic rings. The number of carbonyl (C=O) groups excluding carboxylic acids is 2. The number of amides is 2. The van der Waals surface area contributed by atoms with Crippen molar-refractivity contribution < 1.29 is 19.1 Å². The zero-order chi connectivity index (χ0) is 23.9. The summed E-state index contributed by atoms with van der Waals surface area (Å²) in [5, 5.41) is 0. The number of nitrogens with zero attached hydrogens (tertiary/aromatic N) is 2. The van der Waals surface area contributed by atoms with E-state index in [1.54, 1.807) is 48.3 Å². The number of anilines is 1. The third-order valence-corrected chi connectivity index (χ3v) is 7.86. The summed E-state index contributed by atoms with van der Waals surface area (Å²) in [7, 11) is 3.20. The standard InChI is InChI=1S/C27H26N2O4S/c1-18-4-6-19(7-5-18)17-28-24-13-12-22(33-3)16-23(24)27(26(28)31)29(14-15-34-27)25(30)20-8-10-21(32-2)11-9-20/h4-13,16H,14-15,17H2,1-3H3. The molecule has 7 heteroatoms. The van der Waals surface area contributed by atoms with Crippen molar-refractivity contribution in [1.29, 1.82) is 0 Å². The first-order chi connectivity index (χ1) is 16.5. The van der Waals surface area contributed by atoms with Gasteiger partial charge in [-0.15, -0.1) is 11.8 Å². The van der Waals surface area contributed by atoms with Crippen molar-refractivity contribution in [2.45, 2.75) is 18.3 Å². The summed E-state index contributed by atoms with van der Waals surface area (Å²) in [6.07, 6.45) is 0. The van der Waals surface area contributed by atoms with Crippen LogP contribution in [-0.2, 0) is 16.2 Å². The van der Waals surface area contributed by atoms with Crippen LogP contribution in [0.25, 0.3) is 0 Å². The van der Waals surface area contributed by atoms with Gasteiger partial charge >= 0.3 is 0 Å². The fourth-order valence-corrected chi connectivity index (χ4v) is 6.10. The molecule has 0 saturated carbocycles. The van der Waals surface area contributed by atoms with Crippen LogP contribution in [0.3, 0.4) is 0 Å². The minimum Gasteiger partial charge on any atom is -0.497 e. The van der Waals surface area contributed by atoms with E-state index in [-0.39, 0.29) is 11.8 Å². The maximum Gasteiger partial charge on any atom is 0.268 e. The van der Waals surface area contributed by atoms with E-state index in [1.165, 1.54) is 17.3 Å². The van der Waals surface area contributed by atoms with E-state index >= 15 is 0 Å². The Bertz CT molecular complexity index is 1240. The fourth-order valence-electron chi connectivity index (χ4n) is 4.64. The second-order valence-electron chi connectivity index (χ2n) is 8.44. The van der Waals surface area contributed by atoms with Crippen molar-refractivity contribution in [1.82, 2.24) is 4.90 Å². The molecule has 1 atom stereocenters. The van der Waals surface area contributed by atoms with E-state index in [1.807, 2.05) is 49.4 Å². The number of carbonyl (C=O) groups is 2. The van der Waals surface area contributed by atoms with Gasteiger partial charge in [-0.3, -0.25) is 9.59 Å². The minimum absolute atomic E-state index is 0.0966. The number of ether oxygens (including phenoxy) is 2. The Labute approximate surface area is 203 Å². The molecular weight excluding hydrogens is 448 g/mol. The number of thioether (sulfide) groups is 1. The molecule has 1 fully saturated rings. The van der Waals surface area contributed by atoms with Crippen LogP contribution in [-0.4, -0.2) is 43.2 Å². The Morgan fingerprint density at radius 3 is 2.32 bits per heavy atom. The molecule has 2 amide bonds. The third-order valence-electron chi connectivity index (χ3n) is 6.44. The van der Waals surface area contributed by atoms with Crippen molar-refractivity contribution in [3.05, 3.63) is 89.0 Å². The van der Waals surface area contributed by atoms with E-state index in [2.05, 4.69) is 0 Å². The molecule has 1 spiro atoms. The Morgan fingerprint density at radius 1 is 0.971 bits per heavy atom. The summed E-state index contributed by atoms with van der Waals surface area (Å²) in [5.74, 6) is 1.74. The maximum absolute atomic E-state index is 14.2. The Kier molecular flexibility index (Phi) is 5.73. The van der Waals surface area contributed by atoms with Gasteiger partial charge in [-0.05, 0) is 55.0 Å². The topological polar surface area (TPSA) is 59.1 Å². The van der Waals surface area contributed by atoms with Gasteiger partial charge in [0.2, 0.25) is 0 Å². The molecule has 3 aromatic rings. The number of rotatable bonds is 5. The van der Waals surface area contributed by atoms with Crippen molar-refractivity contribution >= 4 is 29.3 Å². The Morgan fingerprint density at radius 2 is 1.65 bits per heavy atom. The average Bonchev–Trinajstić information content (AvgIpc) is 3.41. The van der Waals surface area contributed by atoms with Gasteiger partial charge < -0.3 is 19.3 Å². The molecule has 2 aliphatic heterocycles. The predicted molar refractivity (Wildman–Crippen MR) is 134 cm³/mol. The molecule has 0 bridgehead atoms. The summed E-state index contributed by atoms with van der Waals surface area (Å²) in [6.45, 7) is 2.96. The lowest BCUT2D eigenvalue weighted by molar-refractivity contribution is -0.123. The second kappa shape index (κ2) is 8.72. The summed E-state index contributed by atoms with van der Waals surface area (Å²) in [5.41, 5.74) is 4.34. The number of benzene rings is 3. The smallest absolute Gasteiger partial charge is 0.268 e. The lowest BCUT2D eigenvalue weighted by Gasteiger charge is -2.33. The van der Waals surface area contributed by atoms with Crippen molar-refractivity contribution in [3.63, 3.8) is 0 Å². The van der Waals surface area contributed by atoms with Crippen LogP contribution in [0.4, 0.5) is 5.69 Å². The Balaban J connectivity index is 1.58. The van der Waals surface area contributed by atoms with Crippen molar-refractivity contribution in [2.24, 2.45) is 0 Å². The summed E-state index contributed by atoms with van der Waals surface area (Å²) < 4.78 is 10.7. The van der Waals surface area contributed by atoms with Crippen LogP contribution >= 0.6 is 11.8 Å². The predicted octanol–water partition coefficient (Wildman–Crippen LogP) is 4.60. The molecule has 5 rings (SSSR count). The average molecular weight is 475 g/mol. The van der Waals surface area contributed by atoms with E-state index < -0.39 is 4.87 Å². The fraction of sp³-hybridized carbons (Fsp3) is 0.259. The van der Waals surface area contributed by atoms with E-state index in [4.69, 9.17) is 9.47 Å². The van der Waals surface area contributed by atoms with Gasteiger partial charge in [0.05, 0.1) is 26.5 Å². The molecule has 0 N–H and O–H groups in total. The molecule has 3 aromatic carbocycles. The van der Waals surface area contributed by atoms with Gasteiger partial charge in [0.1, 0.15) is 11.5 Å². The van der Waals surface area contributed by atoms with Crippen LogP contribution in [0.5, 0.6) is 11.5 Å². The molecular formula is C27H26N2O4S. The first-order valence-corrected chi connectivity index (χ1v) is 12.1. The van der Waals surface area contributed by atoms with Crippen molar-refractivity contribution in [3.8, 4) is 11.5 Å². The zero-order valence-electron chi connectivity index (χ0n) is 19.4. The lowest BCUT2D eigenvalue weighted by atomic mass is 10.0. The monoisotopic (exact) mass is 474 g/mol. The Hall–Kier alpha value is -3.45. The van der Waals surface area contributed by atoms with Crippen LogP contribution in [0, 0.1) is 6.92 Å². The molecule has 2 heterocycles. The second-order valence-corrected chi connectivity index (χ2v) is 9.73. The third kappa shape index (κ3) is 3.51. The van der Waals surface area contributed by atoms with Gasteiger partial charge in [0.25, 0.3) is 11.8 Å². The van der Waals surface area contributed by atoms with Crippen LogP contribution in [0.2, 0.25) is 0 Å². The van der Waals surface area contributed by atoms with Gasteiger partial charge in [-0.1, -0.05) is 29.8 Å². The minimum atomic E-state index is -1.12. The van der Waals surface area contributed by atoms with Crippen LogP contribution in [0.15, 0.2) is 66.7 Å². The van der Waals surface area contributed by atoms with Gasteiger partial charge in [-0.2, -0.15) is 0 Å². The zero-order valence-corrected chi connectivity index (χ0v) is 20.2. The first-order valence-electron chi connectivity index (χ1n) is 11.1. The highest BCUT2D eigenvalue weighted by Gasteiger charge is 2.59. The van der Waals surface area contributed by atoms with E-state index in [0.29, 0.717) is 35.9 Å². The SMILES string of the molecule is COc1ccc(C(=O)N2CCSC23C(=O)N(Cc2ccc(C)cc2)c2ccc(OC)cc23)cc1. The number of fused-ring (bicyclic) bond motifs is 2. The lowest BCUT2D eigenvalue weighted by Crippen LogP contribution is -2.50. The molecule has 34 heavy (non-hydrogen) atoms. The van der Waals surface area contributed by atoms with Crippen LogP contribution in [0.1, 0.15) is 27.0 Å².